The minimum atomic E-state index is -4.40. The predicted octanol–water partition coefficient (Wildman–Crippen LogP) is 4.17. The molecule has 0 bridgehead atoms. The van der Waals surface area contributed by atoms with E-state index in [2.05, 4.69) is 10.5 Å². The molecule has 3 rings (SSSR count). The van der Waals surface area contributed by atoms with E-state index in [1.807, 2.05) is 0 Å². The first-order valence-electron chi connectivity index (χ1n) is 9.11. The summed E-state index contributed by atoms with van der Waals surface area (Å²) in [4.78, 5) is 12.0. The number of hydrazone groups is 1. The zero-order valence-electron chi connectivity index (χ0n) is 16.3. The van der Waals surface area contributed by atoms with Crippen LogP contribution in [0.1, 0.15) is 27.0 Å². The van der Waals surface area contributed by atoms with Crippen LogP contribution < -0.4 is 10.2 Å². The van der Waals surface area contributed by atoms with Gasteiger partial charge in [0, 0.05) is 5.56 Å². The second-order valence-corrected chi connectivity index (χ2v) is 6.62. The van der Waals surface area contributed by atoms with E-state index < -0.39 is 34.9 Å². The highest BCUT2D eigenvalue weighted by atomic mass is 19.4. The molecule has 166 valence electrons. The standard InChI is InChI=1S/C22H17F3N2O5/c23-22(24,25)16-6-4-13(5-7-16)12-32-17-3-1-2-14(8-17)11-26-27-21(31)15-9-18(28)20(30)19(29)10-15/h1-11,28-30H,12H2,(H,27,31)/b26-11+. The first kappa shape index (κ1) is 22.5. The van der Waals surface area contributed by atoms with Crippen LogP contribution in [0, 0.1) is 0 Å². The molecule has 0 aliphatic carbocycles. The maximum Gasteiger partial charge on any atom is 0.416 e. The van der Waals surface area contributed by atoms with Crippen molar-refractivity contribution in [3.05, 3.63) is 82.9 Å². The van der Waals surface area contributed by atoms with E-state index in [0.717, 1.165) is 24.3 Å². The Morgan fingerprint density at radius 2 is 1.66 bits per heavy atom. The number of nitrogens with zero attached hydrogens (tertiary/aromatic N) is 1. The van der Waals surface area contributed by atoms with Gasteiger partial charge in [-0.25, -0.2) is 5.43 Å². The van der Waals surface area contributed by atoms with Gasteiger partial charge >= 0.3 is 6.18 Å². The summed E-state index contributed by atoms with van der Waals surface area (Å²) in [7, 11) is 0. The fraction of sp³-hybridized carbons (Fsp3) is 0.0909. The summed E-state index contributed by atoms with van der Waals surface area (Å²) in [6, 6.07) is 13.2. The minimum Gasteiger partial charge on any atom is -0.504 e. The van der Waals surface area contributed by atoms with Crippen molar-refractivity contribution in [3.8, 4) is 23.0 Å². The second-order valence-electron chi connectivity index (χ2n) is 6.62. The Kier molecular flexibility index (Phi) is 6.53. The van der Waals surface area contributed by atoms with Gasteiger partial charge in [-0.2, -0.15) is 18.3 Å². The molecular formula is C22H17F3N2O5. The number of hydrogen-bond donors (Lipinski definition) is 4. The molecular weight excluding hydrogens is 429 g/mol. The van der Waals surface area contributed by atoms with Crippen LogP contribution in [0.4, 0.5) is 13.2 Å². The van der Waals surface area contributed by atoms with Gasteiger partial charge in [0.25, 0.3) is 5.91 Å². The fourth-order valence-electron chi connectivity index (χ4n) is 2.61. The van der Waals surface area contributed by atoms with E-state index in [-0.39, 0.29) is 12.2 Å². The van der Waals surface area contributed by atoms with Crippen molar-refractivity contribution in [2.45, 2.75) is 12.8 Å². The lowest BCUT2D eigenvalue weighted by atomic mass is 10.1. The molecule has 10 heteroatoms. The molecule has 0 aliphatic heterocycles. The van der Waals surface area contributed by atoms with E-state index in [9.17, 15) is 33.3 Å². The summed E-state index contributed by atoms with van der Waals surface area (Å²) in [5.74, 6) is -2.35. The Hall–Kier alpha value is -4.21. The summed E-state index contributed by atoms with van der Waals surface area (Å²) < 4.78 is 43.4. The Morgan fingerprint density at radius 3 is 2.28 bits per heavy atom. The van der Waals surface area contributed by atoms with Gasteiger partial charge in [-0.05, 0) is 47.5 Å². The number of aromatic hydroxyl groups is 3. The van der Waals surface area contributed by atoms with Crippen LogP contribution in [0.25, 0.3) is 0 Å². The maximum absolute atomic E-state index is 12.6. The number of nitrogens with one attached hydrogen (secondary N) is 1. The van der Waals surface area contributed by atoms with Crippen LogP contribution in [0.15, 0.2) is 65.8 Å². The summed E-state index contributed by atoms with van der Waals surface area (Å²) in [6.45, 7) is 0.0588. The molecule has 0 fully saturated rings. The van der Waals surface area contributed by atoms with Crippen molar-refractivity contribution < 1.29 is 38.0 Å². The van der Waals surface area contributed by atoms with Gasteiger partial charge in [0.1, 0.15) is 12.4 Å². The number of phenols is 3. The molecule has 3 aromatic carbocycles. The van der Waals surface area contributed by atoms with Crippen molar-refractivity contribution >= 4 is 12.1 Å². The average molecular weight is 446 g/mol. The third-order valence-corrected chi connectivity index (χ3v) is 4.26. The first-order chi connectivity index (χ1) is 15.1. The first-order valence-corrected chi connectivity index (χ1v) is 9.11. The molecule has 0 unspecified atom stereocenters. The number of carbonyl (C=O) groups excluding carboxylic acids is 1. The molecule has 0 aliphatic rings. The molecule has 0 radical (unpaired) electrons. The van der Waals surface area contributed by atoms with Crippen LogP contribution in [0.5, 0.6) is 23.0 Å². The van der Waals surface area contributed by atoms with E-state index in [4.69, 9.17) is 4.74 Å². The molecule has 0 heterocycles. The number of alkyl halides is 3. The van der Waals surface area contributed by atoms with Crippen molar-refractivity contribution in [2.75, 3.05) is 0 Å². The van der Waals surface area contributed by atoms with Crippen molar-refractivity contribution in [1.82, 2.24) is 5.43 Å². The van der Waals surface area contributed by atoms with Gasteiger partial charge in [0.05, 0.1) is 11.8 Å². The lowest BCUT2D eigenvalue weighted by Gasteiger charge is -2.09. The van der Waals surface area contributed by atoms with E-state index in [0.29, 0.717) is 16.9 Å². The van der Waals surface area contributed by atoms with E-state index in [1.54, 1.807) is 24.3 Å². The maximum atomic E-state index is 12.6. The van der Waals surface area contributed by atoms with Gasteiger partial charge in [-0.15, -0.1) is 0 Å². The highest BCUT2D eigenvalue weighted by Gasteiger charge is 2.29. The summed E-state index contributed by atoms with van der Waals surface area (Å²) in [5.41, 5.74) is 2.47. The number of phenolic OH excluding ortho intramolecular Hbond substituents is 3. The zero-order chi connectivity index (χ0) is 23.3. The normalized spacial score (nSPS) is 11.5. The highest BCUT2D eigenvalue weighted by Crippen LogP contribution is 2.35. The molecule has 1 amide bonds. The largest absolute Gasteiger partial charge is 0.504 e. The molecule has 4 N–H and O–H groups in total. The molecule has 7 nitrogen and oxygen atoms in total. The highest BCUT2D eigenvalue weighted by molar-refractivity contribution is 5.96. The topological polar surface area (TPSA) is 111 Å². The van der Waals surface area contributed by atoms with E-state index in [1.165, 1.54) is 18.3 Å². The Bertz CT molecular complexity index is 1120. The fourth-order valence-corrected chi connectivity index (χ4v) is 2.61. The molecule has 0 saturated carbocycles. The molecule has 32 heavy (non-hydrogen) atoms. The molecule has 0 spiro atoms. The van der Waals surface area contributed by atoms with Gasteiger partial charge in [0.2, 0.25) is 0 Å². The number of hydrogen-bond acceptors (Lipinski definition) is 6. The third-order valence-electron chi connectivity index (χ3n) is 4.26. The van der Waals surface area contributed by atoms with Crippen molar-refractivity contribution in [2.24, 2.45) is 5.10 Å². The molecule has 0 atom stereocenters. The smallest absolute Gasteiger partial charge is 0.416 e. The van der Waals surface area contributed by atoms with Crippen molar-refractivity contribution in [3.63, 3.8) is 0 Å². The van der Waals surface area contributed by atoms with Gasteiger partial charge in [0.15, 0.2) is 17.2 Å². The quantitative estimate of drug-likeness (QED) is 0.258. The number of halogens is 3. The predicted molar refractivity (Wildman–Crippen MR) is 109 cm³/mol. The minimum absolute atomic E-state index is 0.0588. The zero-order valence-corrected chi connectivity index (χ0v) is 16.3. The number of ether oxygens (including phenoxy) is 1. The summed E-state index contributed by atoms with van der Waals surface area (Å²) in [5, 5.41) is 32.0. The van der Waals surface area contributed by atoms with E-state index >= 15 is 0 Å². The average Bonchev–Trinajstić information content (AvgIpc) is 2.75. The summed E-state index contributed by atoms with van der Waals surface area (Å²) in [6.07, 6.45) is -3.07. The lowest BCUT2D eigenvalue weighted by molar-refractivity contribution is -0.137. The lowest BCUT2D eigenvalue weighted by Crippen LogP contribution is -2.17. The van der Waals surface area contributed by atoms with Crippen LogP contribution in [0.2, 0.25) is 0 Å². The number of carbonyl (C=O) groups is 1. The Morgan fingerprint density at radius 1 is 1.00 bits per heavy atom. The molecule has 0 saturated heterocycles. The van der Waals surface area contributed by atoms with Crippen molar-refractivity contribution in [1.29, 1.82) is 0 Å². The Balaban J connectivity index is 1.59. The van der Waals surface area contributed by atoms with Gasteiger partial charge in [-0.3, -0.25) is 4.79 Å². The van der Waals surface area contributed by atoms with Crippen LogP contribution in [-0.2, 0) is 12.8 Å². The van der Waals surface area contributed by atoms with Crippen LogP contribution in [-0.4, -0.2) is 27.4 Å². The monoisotopic (exact) mass is 446 g/mol. The second kappa shape index (κ2) is 9.29. The van der Waals surface area contributed by atoms with Crippen LogP contribution >= 0.6 is 0 Å². The SMILES string of the molecule is O=C(N/N=C/c1cccc(OCc2ccc(C(F)(F)F)cc2)c1)c1cc(O)c(O)c(O)c1. The summed E-state index contributed by atoms with van der Waals surface area (Å²) >= 11 is 0. The number of amides is 1. The third kappa shape index (κ3) is 5.69. The molecule has 3 aromatic rings. The van der Waals surface area contributed by atoms with Gasteiger partial charge in [-0.1, -0.05) is 24.3 Å². The Labute approximate surface area is 180 Å². The van der Waals surface area contributed by atoms with Gasteiger partial charge < -0.3 is 20.1 Å². The van der Waals surface area contributed by atoms with Crippen LogP contribution in [0.3, 0.4) is 0 Å². The number of benzene rings is 3. The molecule has 0 aromatic heterocycles. The number of rotatable bonds is 6.